The van der Waals surface area contributed by atoms with E-state index < -0.39 is 4.92 Å². The summed E-state index contributed by atoms with van der Waals surface area (Å²) < 4.78 is 7.43. The summed E-state index contributed by atoms with van der Waals surface area (Å²) in [5.41, 5.74) is 0.634. The van der Waals surface area contributed by atoms with Crippen LogP contribution < -0.4 is 10.3 Å². The monoisotopic (exact) mass is 498 g/mol. The maximum atomic E-state index is 13.3. The summed E-state index contributed by atoms with van der Waals surface area (Å²) in [5, 5.41) is 16.5. The number of ether oxygens (including phenoxy) is 1. The fourth-order valence-electron chi connectivity index (χ4n) is 4.13. The second-order valence-electron chi connectivity index (χ2n) is 7.72. The van der Waals surface area contributed by atoms with Crippen LogP contribution in [-0.4, -0.2) is 27.4 Å². The van der Waals surface area contributed by atoms with Crippen LogP contribution in [0.3, 0.4) is 0 Å². The van der Waals surface area contributed by atoms with Crippen molar-refractivity contribution in [3.63, 3.8) is 0 Å². The maximum absolute atomic E-state index is 13.3. The number of rotatable bonds is 6. The summed E-state index contributed by atoms with van der Waals surface area (Å²) >= 11 is 3.31. The van der Waals surface area contributed by atoms with Gasteiger partial charge >= 0.3 is 5.69 Å². The third kappa shape index (κ3) is 4.43. The molecule has 1 aromatic heterocycles. The molecular formula is C23H23BrN4O4. The molecule has 0 unspecified atom stereocenters. The van der Waals surface area contributed by atoms with Gasteiger partial charge in [-0.25, -0.2) is 4.98 Å². The highest BCUT2D eigenvalue weighted by Gasteiger charge is 2.23. The fraction of sp³-hybridized carbons (Fsp3) is 0.348. The number of fused-ring (bicyclic) bond motifs is 1. The molecule has 0 radical (unpaired) electrons. The van der Waals surface area contributed by atoms with E-state index in [9.17, 15) is 14.9 Å². The van der Waals surface area contributed by atoms with Gasteiger partial charge in [-0.2, -0.15) is 9.78 Å². The molecule has 1 saturated carbocycles. The van der Waals surface area contributed by atoms with Gasteiger partial charge in [0.1, 0.15) is 5.82 Å². The number of para-hydroxylation sites is 1. The zero-order valence-corrected chi connectivity index (χ0v) is 19.2. The first-order chi connectivity index (χ1) is 15.5. The van der Waals surface area contributed by atoms with Crippen LogP contribution in [-0.2, 0) is 0 Å². The lowest BCUT2D eigenvalue weighted by Crippen LogP contribution is -2.25. The van der Waals surface area contributed by atoms with Crippen molar-refractivity contribution < 1.29 is 9.66 Å². The highest BCUT2D eigenvalue weighted by Crippen LogP contribution is 2.34. The zero-order chi connectivity index (χ0) is 22.7. The van der Waals surface area contributed by atoms with Crippen LogP contribution >= 0.6 is 15.9 Å². The molecule has 0 atom stereocenters. The molecule has 166 valence electrons. The molecule has 1 heterocycles. The molecule has 2 aromatic carbocycles. The first-order valence-electron chi connectivity index (χ1n) is 10.7. The van der Waals surface area contributed by atoms with Crippen LogP contribution in [0.4, 0.5) is 5.69 Å². The van der Waals surface area contributed by atoms with Crippen molar-refractivity contribution in [2.75, 3.05) is 6.61 Å². The lowest BCUT2D eigenvalue weighted by Gasteiger charge is -2.22. The Morgan fingerprint density at radius 2 is 2.03 bits per heavy atom. The molecule has 1 aliphatic rings. The van der Waals surface area contributed by atoms with E-state index in [1.165, 1.54) is 23.4 Å². The van der Waals surface area contributed by atoms with Crippen LogP contribution in [0.5, 0.6) is 5.75 Å². The Kier molecular flexibility index (Phi) is 6.64. The molecule has 1 fully saturated rings. The summed E-state index contributed by atoms with van der Waals surface area (Å²) in [6.45, 7) is 2.01. The Hall–Kier alpha value is -3.07. The molecular weight excluding hydrogens is 476 g/mol. The fourth-order valence-corrected chi connectivity index (χ4v) is 4.59. The van der Waals surface area contributed by atoms with E-state index in [4.69, 9.17) is 9.72 Å². The molecule has 32 heavy (non-hydrogen) atoms. The lowest BCUT2D eigenvalue weighted by atomic mass is 9.88. The zero-order valence-electron chi connectivity index (χ0n) is 17.7. The largest absolute Gasteiger partial charge is 0.487 e. The highest BCUT2D eigenvalue weighted by molar-refractivity contribution is 9.10. The number of halogens is 1. The van der Waals surface area contributed by atoms with Gasteiger partial charge in [0.2, 0.25) is 5.75 Å². The van der Waals surface area contributed by atoms with Crippen LogP contribution in [0.25, 0.3) is 10.9 Å². The SMILES string of the molecule is CCOc1c(C=Nn2c(C3CCCCC3)nc3ccccc3c2=O)cc(Br)cc1[N+](=O)[O-]. The number of hydrogen-bond acceptors (Lipinski definition) is 6. The Morgan fingerprint density at radius 1 is 1.28 bits per heavy atom. The van der Waals surface area contributed by atoms with Gasteiger partial charge in [-0.3, -0.25) is 14.9 Å². The molecule has 0 saturated heterocycles. The Bertz CT molecular complexity index is 1250. The minimum Gasteiger partial charge on any atom is -0.487 e. The number of hydrogen-bond donors (Lipinski definition) is 0. The number of nitro benzene ring substituents is 1. The van der Waals surface area contributed by atoms with Gasteiger partial charge in [0.05, 0.1) is 28.6 Å². The maximum Gasteiger partial charge on any atom is 0.312 e. The van der Waals surface area contributed by atoms with E-state index >= 15 is 0 Å². The number of aromatic nitrogens is 2. The summed E-state index contributed by atoms with van der Waals surface area (Å²) in [7, 11) is 0. The van der Waals surface area contributed by atoms with Gasteiger partial charge < -0.3 is 4.74 Å². The molecule has 0 aliphatic heterocycles. The average Bonchev–Trinajstić information content (AvgIpc) is 2.80. The van der Waals surface area contributed by atoms with E-state index in [2.05, 4.69) is 21.0 Å². The van der Waals surface area contributed by atoms with Gasteiger partial charge in [-0.05, 0) is 38.0 Å². The average molecular weight is 499 g/mol. The molecule has 0 N–H and O–H groups in total. The minimum absolute atomic E-state index is 0.116. The molecule has 1 aliphatic carbocycles. The third-order valence-electron chi connectivity index (χ3n) is 5.61. The van der Waals surface area contributed by atoms with Gasteiger partial charge in [-0.15, -0.1) is 0 Å². The van der Waals surface area contributed by atoms with E-state index in [0.29, 0.717) is 26.8 Å². The summed E-state index contributed by atoms with van der Waals surface area (Å²) in [5.74, 6) is 0.888. The minimum atomic E-state index is -0.496. The standard InChI is InChI=1S/C23H23BrN4O4/c1-2-32-21-16(12-17(24)13-20(21)28(30)31)14-25-27-22(15-8-4-3-5-9-15)26-19-11-7-6-10-18(19)23(27)29/h6-7,10-15H,2-5,8-9H2,1H3. The van der Waals surface area contributed by atoms with Gasteiger partial charge in [0.25, 0.3) is 5.56 Å². The van der Waals surface area contributed by atoms with Gasteiger partial charge in [-0.1, -0.05) is 47.3 Å². The molecule has 3 aromatic rings. The number of benzene rings is 2. The van der Waals surface area contributed by atoms with Crippen LogP contribution in [0.15, 0.2) is 50.8 Å². The Labute approximate surface area is 193 Å². The van der Waals surface area contributed by atoms with Crippen molar-refractivity contribution in [2.45, 2.75) is 44.9 Å². The van der Waals surface area contributed by atoms with Crippen molar-refractivity contribution in [2.24, 2.45) is 5.10 Å². The predicted molar refractivity (Wildman–Crippen MR) is 127 cm³/mol. The second kappa shape index (κ2) is 9.60. The predicted octanol–water partition coefficient (Wildman–Crippen LogP) is 5.40. The normalized spacial score (nSPS) is 14.8. The smallest absolute Gasteiger partial charge is 0.312 e. The van der Waals surface area contributed by atoms with Crippen molar-refractivity contribution >= 4 is 38.7 Å². The molecule has 0 amide bonds. The van der Waals surface area contributed by atoms with E-state index in [-0.39, 0.29) is 29.5 Å². The molecule has 0 spiro atoms. The number of nitro groups is 1. The van der Waals surface area contributed by atoms with Gasteiger partial charge in [0, 0.05) is 22.0 Å². The Balaban J connectivity index is 1.88. The topological polar surface area (TPSA) is 99.6 Å². The second-order valence-corrected chi connectivity index (χ2v) is 8.63. The number of nitrogens with zero attached hydrogens (tertiary/aromatic N) is 4. The first kappa shape index (κ1) is 22.1. The van der Waals surface area contributed by atoms with E-state index in [0.717, 1.165) is 25.7 Å². The van der Waals surface area contributed by atoms with Crippen molar-refractivity contribution in [1.82, 2.24) is 9.66 Å². The van der Waals surface area contributed by atoms with Crippen LogP contribution in [0.1, 0.15) is 56.3 Å². The summed E-state index contributed by atoms with van der Waals surface area (Å²) in [6, 6.07) is 10.3. The molecule has 9 heteroatoms. The van der Waals surface area contributed by atoms with Crippen molar-refractivity contribution in [3.8, 4) is 5.75 Å². The van der Waals surface area contributed by atoms with E-state index in [1.807, 2.05) is 12.1 Å². The Morgan fingerprint density at radius 3 is 2.75 bits per heavy atom. The highest BCUT2D eigenvalue weighted by atomic mass is 79.9. The first-order valence-corrected chi connectivity index (χ1v) is 11.5. The van der Waals surface area contributed by atoms with Crippen LogP contribution in [0, 0.1) is 10.1 Å². The molecule has 0 bridgehead atoms. The lowest BCUT2D eigenvalue weighted by molar-refractivity contribution is -0.385. The quantitative estimate of drug-likeness (QED) is 0.257. The summed E-state index contributed by atoms with van der Waals surface area (Å²) in [4.78, 5) is 29.2. The third-order valence-corrected chi connectivity index (χ3v) is 6.07. The van der Waals surface area contributed by atoms with Gasteiger partial charge in [0.15, 0.2) is 0 Å². The van der Waals surface area contributed by atoms with Crippen molar-refractivity contribution in [1.29, 1.82) is 0 Å². The summed E-state index contributed by atoms with van der Waals surface area (Å²) in [6.07, 6.45) is 6.69. The molecule has 4 rings (SSSR count). The van der Waals surface area contributed by atoms with Crippen molar-refractivity contribution in [3.05, 3.63) is 72.7 Å². The van der Waals surface area contributed by atoms with E-state index in [1.54, 1.807) is 25.1 Å². The molecule has 8 nitrogen and oxygen atoms in total. The van der Waals surface area contributed by atoms with Crippen LogP contribution in [0.2, 0.25) is 0 Å².